The lowest BCUT2D eigenvalue weighted by Gasteiger charge is -2.35. The molecule has 0 aliphatic carbocycles. The van der Waals surface area contributed by atoms with Crippen molar-refractivity contribution in [3.63, 3.8) is 0 Å². The van der Waals surface area contributed by atoms with Gasteiger partial charge in [-0.15, -0.1) is 0 Å². The van der Waals surface area contributed by atoms with E-state index in [1.807, 2.05) is 17.9 Å². The summed E-state index contributed by atoms with van der Waals surface area (Å²) >= 11 is 0. The quantitative estimate of drug-likeness (QED) is 0.848. The molecule has 1 aliphatic rings. The van der Waals surface area contributed by atoms with Crippen molar-refractivity contribution in [3.8, 4) is 0 Å². The zero-order valence-electron chi connectivity index (χ0n) is 11.2. The minimum absolute atomic E-state index is 0.689. The van der Waals surface area contributed by atoms with E-state index in [9.17, 15) is 0 Å². The molecule has 1 N–H and O–H groups in total. The first kappa shape index (κ1) is 12.6. The zero-order chi connectivity index (χ0) is 12.3. The highest BCUT2D eigenvalue weighted by molar-refractivity contribution is 5.00. The second kappa shape index (κ2) is 5.65. The number of aromatic nitrogens is 2. The second-order valence-electron chi connectivity index (χ2n) is 5.20. The maximum absolute atomic E-state index is 4.19. The van der Waals surface area contributed by atoms with E-state index in [-0.39, 0.29) is 0 Å². The molecule has 1 aliphatic heterocycles. The van der Waals surface area contributed by atoms with Crippen LogP contribution in [0, 0.1) is 0 Å². The summed E-state index contributed by atoms with van der Waals surface area (Å²) in [5.74, 6) is 0. The van der Waals surface area contributed by atoms with Gasteiger partial charge >= 0.3 is 0 Å². The standard InChI is InChI=1S/C13H24N4/c1-11-10-12(6-9-16(11)2)14-7-4-13-5-8-15-17(13)3/h5,8,11-12,14H,4,6-7,9-10H2,1-3H3. The van der Waals surface area contributed by atoms with Crippen molar-refractivity contribution >= 4 is 0 Å². The Morgan fingerprint density at radius 1 is 1.47 bits per heavy atom. The summed E-state index contributed by atoms with van der Waals surface area (Å²) in [6.45, 7) is 4.58. The van der Waals surface area contributed by atoms with E-state index in [1.165, 1.54) is 25.1 Å². The summed E-state index contributed by atoms with van der Waals surface area (Å²) in [4.78, 5) is 2.44. The van der Waals surface area contributed by atoms with Gasteiger partial charge in [0.25, 0.3) is 0 Å². The minimum atomic E-state index is 0.689. The van der Waals surface area contributed by atoms with Crippen LogP contribution in [-0.4, -0.2) is 46.9 Å². The third-order valence-electron chi connectivity index (χ3n) is 3.94. The van der Waals surface area contributed by atoms with Gasteiger partial charge in [0.1, 0.15) is 0 Å². The van der Waals surface area contributed by atoms with Crippen molar-refractivity contribution < 1.29 is 0 Å². The van der Waals surface area contributed by atoms with Gasteiger partial charge in [-0.05, 0) is 39.4 Å². The smallest absolute Gasteiger partial charge is 0.0492 e. The van der Waals surface area contributed by atoms with Crippen LogP contribution in [0.2, 0.25) is 0 Å². The molecule has 2 atom stereocenters. The van der Waals surface area contributed by atoms with Crippen LogP contribution in [0.1, 0.15) is 25.5 Å². The molecule has 2 unspecified atom stereocenters. The molecule has 4 nitrogen and oxygen atoms in total. The molecule has 1 saturated heterocycles. The van der Waals surface area contributed by atoms with E-state index in [4.69, 9.17) is 0 Å². The first-order valence-corrected chi connectivity index (χ1v) is 6.57. The average molecular weight is 236 g/mol. The molecule has 0 amide bonds. The summed E-state index contributed by atoms with van der Waals surface area (Å²) in [6, 6.07) is 3.49. The van der Waals surface area contributed by atoms with Crippen molar-refractivity contribution in [3.05, 3.63) is 18.0 Å². The third kappa shape index (κ3) is 3.30. The Kier molecular flexibility index (Phi) is 4.18. The molecule has 1 aromatic rings. The molecule has 0 radical (unpaired) electrons. The second-order valence-corrected chi connectivity index (χ2v) is 5.20. The van der Waals surface area contributed by atoms with Gasteiger partial charge < -0.3 is 10.2 Å². The fraction of sp³-hybridized carbons (Fsp3) is 0.769. The first-order valence-electron chi connectivity index (χ1n) is 6.57. The predicted molar refractivity (Wildman–Crippen MR) is 70.0 cm³/mol. The van der Waals surface area contributed by atoms with Crippen LogP contribution < -0.4 is 5.32 Å². The van der Waals surface area contributed by atoms with E-state index in [2.05, 4.69) is 35.4 Å². The van der Waals surface area contributed by atoms with E-state index in [1.54, 1.807) is 0 Å². The molecule has 96 valence electrons. The first-order chi connectivity index (χ1) is 8.16. The number of piperidine rings is 1. The molecule has 0 bridgehead atoms. The van der Waals surface area contributed by atoms with Crippen molar-refractivity contribution in [2.24, 2.45) is 7.05 Å². The van der Waals surface area contributed by atoms with Gasteiger partial charge in [0.2, 0.25) is 0 Å². The van der Waals surface area contributed by atoms with Crippen LogP contribution in [0.25, 0.3) is 0 Å². The van der Waals surface area contributed by atoms with Gasteiger partial charge in [-0.25, -0.2) is 0 Å². The zero-order valence-corrected chi connectivity index (χ0v) is 11.2. The van der Waals surface area contributed by atoms with Crippen molar-refractivity contribution in [1.29, 1.82) is 0 Å². The van der Waals surface area contributed by atoms with Gasteiger partial charge in [0.05, 0.1) is 0 Å². The number of nitrogens with one attached hydrogen (secondary N) is 1. The highest BCUT2D eigenvalue weighted by Crippen LogP contribution is 2.15. The van der Waals surface area contributed by atoms with E-state index < -0.39 is 0 Å². The Morgan fingerprint density at radius 2 is 2.29 bits per heavy atom. The minimum Gasteiger partial charge on any atom is -0.313 e. The number of nitrogens with zero attached hydrogens (tertiary/aromatic N) is 3. The fourth-order valence-corrected chi connectivity index (χ4v) is 2.53. The Hall–Kier alpha value is -0.870. The number of hydrogen-bond donors (Lipinski definition) is 1. The number of hydrogen-bond acceptors (Lipinski definition) is 3. The van der Waals surface area contributed by atoms with Crippen molar-refractivity contribution in [2.45, 2.75) is 38.3 Å². The summed E-state index contributed by atoms with van der Waals surface area (Å²) in [5.41, 5.74) is 1.30. The summed E-state index contributed by atoms with van der Waals surface area (Å²) in [7, 11) is 4.23. The highest BCUT2D eigenvalue weighted by atomic mass is 15.3. The predicted octanol–water partition coefficient (Wildman–Crippen LogP) is 1.03. The van der Waals surface area contributed by atoms with Crippen LogP contribution in [0.15, 0.2) is 12.3 Å². The van der Waals surface area contributed by atoms with Gasteiger partial charge in [-0.2, -0.15) is 5.10 Å². The van der Waals surface area contributed by atoms with E-state index in [0.717, 1.165) is 13.0 Å². The van der Waals surface area contributed by atoms with Gasteiger partial charge in [0, 0.05) is 44.0 Å². The van der Waals surface area contributed by atoms with Crippen LogP contribution in [0.5, 0.6) is 0 Å². The molecular weight excluding hydrogens is 212 g/mol. The number of aryl methyl sites for hydroxylation is 1. The molecule has 0 aromatic carbocycles. The topological polar surface area (TPSA) is 33.1 Å². The molecule has 2 rings (SSSR count). The normalized spacial score (nSPS) is 26.3. The van der Waals surface area contributed by atoms with E-state index >= 15 is 0 Å². The molecule has 0 spiro atoms. The molecule has 17 heavy (non-hydrogen) atoms. The Labute approximate surface area is 104 Å². The number of rotatable bonds is 4. The monoisotopic (exact) mass is 236 g/mol. The van der Waals surface area contributed by atoms with Gasteiger partial charge in [0.15, 0.2) is 0 Å². The molecular formula is C13H24N4. The molecule has 0 saturated carbocycles. The molecule has 1 fully saturated rings. The molecule has 1 aromatic heterocycles. The van der Waals surface area contributed by atoms with Crippen molar-refractivity contribution in [2.75, 3.05) is 20.1 Å². The van der Waals surface area contributed by atoms with Crippen LogP contribution in [-0.2, 0) is 13.5 Å². The van der Waals surface area contributed by atoms with Gasteiger partial charge in [-0.3, -0.25) is 4.68 Å². The average Bonchev–Trinajstić information content (AvgIpc) is 2.70. The summed E-state index contributed by atoms with van der Waals surface area (Å²) < 4.78 is 1.96. The van der Waals surface area contributed by atoms with Crippen molar-refractivity contribution in [1.82, 2.24) is 20.0 Å². The van der Waals surface area contributed by atoms with E-state index in [0.29, 0.717) is 12.1 Å². The Bertz CT molecular complexity index is 347. The highest BCUT2D eigenvalue weighted by Gasteiger charge is 2.21. The SMILES string of the molecule is CC1CC(NCCc2ccnn2C)CCN1C. The van der Waals surface area contributed by atoms with Gasteiger partial charge in [-0.1, -0.05) is 0 Å². The lowest BCUT2D eigenvalue weighted by atomic mass is 9.99. The Morgan fingerprint density at radius 3 is 2.94 bits per heavy atom. The summed E-state index contributed by atoms with van der Waals surface area (Å²) in [6.07, 6.45) is 5.47. The van der Waals surface area contributed by atoms with Crippen LogP contribution in [0.4, 0.5) is 0 Å². The molecule has 2 heterocycles. The maximum atomic E-state index is 4.19. The lowest BCUT2D eigenvalue weighted by Crippen LogP contribution is -2.46. The summed E-state index contributed by atoms with van der Waals surface area (Å²) in [5, 5.41) is 7.86. The lowest BCUT2D eigenvalue weighted by molar-refractivity contribution is 0.169. The third-order valence-corrected chi connectivity index (χ3v) is 3.94. The van der Waals surface area contributed by atoms with Crippen LogP contribution in [0.3, 0.4) is 0 Å². The Balaban J connectivity index is 1.71. The largest absolute Gasteiger partial charge is 0.313 e. The molecule has 4 heteroatoms. The maximum Gasteiger partial charge on any atom is 0.0492 e. The fourth-order valence-electron chi connectivity index (χ4n) is 2.53. The number of likely N-dealkylation sites (tertiary alicyclic amines) is 1. The van der Waals surface area contributed by atoms with Crippen LogP contribution >= 0.6 is 0 Å².